The van der Waals surface area contributed by atoms with E-state index in [4.69, 9.17) is 4.74 Å². The van der Waals surface area contributed by atoms with Crippen LogP contribution >= 0.6 is 0 Å². The van der Waals surface area contributed by atoms with E-state index in [1.54, 1.807) is 6.92 Å². The summed E-state index contributed by atoms with van der Waals surface area (Å²) in [5.41, 5.74) is 0. The molecule has 0 atom stereocenters. The first-order valence-corrected chi connectivity index (χ1v) is 7.08. The zero-order chi connectivity index (χ0) is 12.9. The molecule has 0 aromatic rings. The standard InChI is InChI=1S/C10H14F2O4S/c1-2-16-8(13)9(3-4-9)17(14,15)7-5-10(11,12)6-7/h7H,2-6H2,1H3. The molecule has 7 heteroatoms. The molecular formula is C10H14F2O4S. The molecule has 0 spiro atoms. The van der Waals surface area contributed by atoms with Crippen LogP contribution in [0.25, 0.3) is 0 Å². The van der Waals surface area contributed by atoms with E-state index >= 15 is 0 Å². The number of rotatable bonds is 4. The topological polar surface area (TPSA) is 60.4 Å². The molecule has 2 aliphatic carbocycles. The Morgan fingerprint density at radius 1 is 1.35 bits per heavy atom. The summed E-state index contributed by atoms with van der Waals surface area (Å²) in [5.74, 6) is -3.68. The molecule has 2 rings (SSSR count). The Kier molecular flexibility index (Phi) is 2.72. The normalized spacial score (nSPS) is 26.1. The molecule has 17 heavy (non-hydrogen) atoms. The molecule has 0 heterocycles. The van der Waals surface area contributed by atoms with Gasteiger partial charge in [-0.15, -0.1) is 0 Å². The van der Waals surface area contributed by atoms with Gasteiger partial charge < -0.3 is 4.74 Å². The molecule has 2 saturated carbocycles. The maximum Gasteiger partial charge on any atom is 0.327 e. The van der Waals surface area contributed by atoms with Gasteiger partial charge in [0.15, 0.2) is 14.6 Å². The van der Waals surface area contributed by atoms with Crippen molar-refractivity contribution in [3.8, 4) is 0 Å². The Morgan fingerprint density at radius 2 is 1.88 bits per heavy atom. The second-order valence-electron chi connectivity index (χ2n) is 4.65. The predicted molar refractivity (Wildman–Crippen MR) is 55.5 cm³/mol. The van der Waals surface area contributed by atoms with Gasteiger partial charge in [-0.2, -0.15) is 0 Å². The fraction of sp³-hybridized carbons (Fsp3) is 0.900. The lowest BCUT2D eigenvalue weighted by Crippen LogP contribution is -2.51. The van der Waals surface area contributed by atoms with Crippen molar-refractivity contribution in [2.75, 3.05) is 6.61 Å². The van der Waals surface area contributed by atoms with Crippen molar-refractivity contribution in [1.29, 1.82) is 0 Å². The predicted octanol–water partition coefficient (Wildman–Crippen LogP) is 1.29. The summed E-state index contributed by atoms with van der Waals surface area (Å²) in [7, 11) is -3.84. The van der Waals surface area contributed by atoms with Crippen LogP contribution in [0.2, 0.25) is 0 Å². The quantitative estimate of drug-likeness (QED) is 0.721. The van der Waals surface area contributed by atoms with Gasteiger partial charge in [-0.25, -0.2) is 17.2 Å². The largest absolute Gasteiger partial charge is 0.465 e. The van der Waals surface area contributed by atoms with Crippen LogP contribution < -0.4 is 0 Å². The molecular weight excluding hydrogens is 254 g/mol. The number of sulfone groups is 1. The molecule has 2 fully saturated rings. The minimum absolute atomic E-state index is 0.0942. The number of alkyl halides is 2. The number of carbonyl (C=O) groups is 1. The first-order valence-electron chi connectivity index (χ1n) is 5.54. The zero-order valence-corrected chi connectivity index (χ0v) is 10.2. The van der Waals surface area contributed by atoms with Crippen LogP contribution in [0.15, 0.2) is 0 Å². The van der Waals surface area contributed by atoms with Crippen LogP contribution in [0, 0.1) is 0 Å². The molecule has 0 radical (unpaired) electrons. The van der Waals surface area contributed by atoms with Crippen LogP contribution in [0.5, 0.6) is 0 Å². The van der Waals surface area contributed by atoms with Crippen molar-refractivity contribution in [1.82, 2.24) is 0 Å². The third-order valence-electron chi connectivity index (χ3n) is 3.39. The number of carbonyl (C=O) groups excluding carboxylic acids is 1. The van der Waals surface area contributed by atoms with E-state index in [2.05, 4.69) is 0 Å². The van der Waals surface area contributed by atoms with Crippen LogP contribution in [0.3, 0.4) is 0 Å². The van der Waals surface area contributed by atoms with Gasteiger partial charge in [0.25, 0.3) is 5.92 Å². The molecule has 0 saturated heterocycles. The third-order valence-corrected chi connectivity index (χ3v) is 6.26. The molecule has 0 aromatic heterocycles. The second kappa shape index (κ2) is 3.63. The van der Waals surface area contributed by atoms with Gasteiger partial charge in [-0.3, -0.25) is 4.79 Å². The van der Waals surface area contributed by atoms with E-state index in [1.165, 1.54) is 0 Å². The first kappa shape index (κ1) is 12.7. The molecule has 0 aliphatic heterocycles. The van der Waals surface area contributed by atoms with Gasteiger partial charge in [0.2, 0.25) is 0 Å². The van der Waals surface area contributed by atoms with Gasteiger partial charge >= 0.3 is 5.97 Å². The van der Waals surface area contributed by atoms with E-state index in [0.717, 1.165) is 0 Å². The summed E-state index contributed by atoms with van der Waals surface area (Å²) in [6.07, 6.45) is -0.959. The van der Waals surface area contributed by atoms with Crippen molar-refractivity contribution in [3.63, 3.8) is 0 Å². The summed E-state index contributed by atoms with van der Waals surface area (Å²) in [6, 6.07) is 0. The van der Waals surface area contributed by atoms with Crippen molar-refractivity contribution in [3.05, 3.63) is 0 Å². The first-order chi connectivity index (χ1) is 7.75. The Balaban J connectivity index is 2.14. The van der Waals surface area contributed by atoms with Crippen molar-refractivity contribution in [2.24, 2.45) is 0 Å². The molecule has 0 bridgehead atoms. The minimum atomic E-state index is -3.84. The fourth-order valence-electron chi connectivity index (χ4n) is 2.13. The van der Waals surface area contributed by atoms with Crippen LogP contribution in [-0.4, -0.2) is 36.9 Å². The molecule has 0 unspecified atom stereocenters. The van der Waals surface area contributed by atoms with Gasteiger partial charge in [0, 0.05) is 12.8 Å². The summed E-state index contributed by atoms with van der Waals surface area (Å²) < 4.78 is 52.7. The second-order valence-corrected chi connectivity index (χ2v) is 7.18. The van der Waals surface area contributed by atoms with Crippen LogP contribution in [0.4, 0.5) is 8.78 Å². The fourth-order valence-corrected chi connectivity index (χ4v) is 4.65. The average molecular weight is 268 g/mol. The number of halogens is 2. The molecule has 0 amide bonds. The molecule has 0 aromatic carbocycles. The Labute approximate surface area is 98.2 Å². The van der Waals surface area contributed by atoms with Crippen molar-refractivity contribution < 1.29 is 26.7 Å². The van der Waals surface area contributed by atoms with Crippen LogP contribution in [0.1, 0.15) is 32.6 Å². The number of esters is 1. The summed E-state index contributed by atoms with van der Waals surface area (Å²) in [4.78, 5) is 11.6. The molecule has 2 aliphatic rings. The van der Waals surface area contributed by atoms with Crippen LogP contribution in [-0.2, 0) is 19.4 Å². The SMILES string of the molecule is CCOC(=O)C1(S(=O)(=O)C2CC(F)(F)C2)CC1. The molecule has 0 N–H and O–H groups in total. The lowest BCUT2D eigenvalue weighted by Gasteiger charge is -2.36. The number of hydrogen-bond acceptors (Lipinski definition) is 4. The van der Waals surface area contributed by atoms with Gasteiger partial charge in [0.1, 0.15) is 0 Å². The lowest BCUT2D eigenvalue weighted by molar-refractivity contribution is -0.143. The Hall–Kier alpha value is -0.720. The Bertz CT molecular complexity index is 431. The number of hydrogen-bond donors (Lipinski definition) is 0. The van der Waals surface area contributed by atoms with E-state index < -0.39 is 44.6 Å². The smallest absolute Gasteiger partial charge is 0.327 e. The highest BCUT2D eigenvalue weighted by Gasteiger charge is 2.67. The highest BCUT2D eigenvalue weighted by Crippen LogP contribution is 2.52. The maximum atomic E-state index is 12.7. The minimum Gasteiger partial charge on any atom is -0.465 e. The van der Waals surface area contributed by atoms with E-state index in [0.29, 0.717) is 0 Å². The highest BCUT2D eigenvalue weighted by atomic mass is 32.2. The summed E-state index contributed by atoms with van der Waals surface area (Å²) in [5, 5.41) is -1.09. The summed E-state index contributed by atoms with van der Waals surface area (Å²) >= 11 is 0. The van der Waals surface area contributed by atoms with Crippen molar-refractivity contribution in [2.45, 2.75) is 48.5 Å². The summed E-state index contributed by atoms with van der Waals surface area (Å²) in [6.45, 7) is 1.68. The molecule has 4 nitrogen and oxygen atoms in total. The highest BCUT2D eigenvalue weighted by molar-refractivity contribution is 7.94. The zero-order valence-electron chi connectivity index (χ0n) is 9.41. The van der Waals surface area contributed by atoms with E-state index in [-0.39, 0.29) is 19.4 Å². The average Bonchev–Trinajstić information content (AvgIpc) is 2.95. The maximum absolute atomic E-state index is 12.7. The lowest BCUT2D eigenvalue weighted by atomic mass is 9.94. The Morgan fingerprint density at radius 3 is 2.24 bits per heavy atom. The van der Waals surface area contributed by atoms with E-state index in [9.17, 15) is 22.0 Å². The van der Waals surface area contributed by atoms with E-state index in [1.807, 2.05) is 0 Å². The molecule has 98 valence electrons. The third kappa shape index (κ3) is 1.84. The monoisotopic (exact) mass is 268 g/mol. The number of ether oxygens (including phenoxy) is 1. The van der Waals surface area contributed by atoms with Gasteiger partial charge in [-0.1, -0.05) is 0 Å². The van der Waals surface area contributed by atoms with Gasteiger partial charge in [0.05, 0.1) is 11.9 Å². The van der Waals surface area contributed by atoms with Crippen molar-refractivity contribution >= 4 is 15.8 Å². The van der Waals surface area contributed by atoms with Gasteiger partial charge in [-0.05, 0) is 19.8 Å².